The van der Waals surface area contributed by atoms with Gasteiger partial charge in [0.1, 0.15) is 5.60 Å². The van der Waals surface area contributed by atoms with E-state index in [2.05, 4.69) is 53.5 Å². The topological polar surface area (TPSA) is 41.6 Å². The summed E-state index contributed by atoms with van der Waals surface area (Å²) >= 11 is 0. The van der Waals surface area contributed by atoms with Gasteiger partial charge in [0.15, 0.2) is 0 Å². The molecule has 1 aromatic rings. The Morgan fingerprint density at radius 2 is 1.88 bits per heavy atom. The van der Waals surface area contributed by atoms with Crippen molar-refractivity contribution in [1.29, 1.82) is 0 Å². The van der Waals surface area contributed by atoms with Crippen molar-refractivity contribution in [2.75, 3.05) is 19.6 Å². The Morgan fingerprint density at radius 3 is 2.50 bits per heavy atom. The highest BCUT2D eigenvalue weighted by atomic mass is 16.6. The summed E-state index contributed by atoms with van der Waals surface area (Å²) in [5.41, 5.74) is 3.10. The van der Waals surface area contributed by atoms with E-state index in [1.165, 1.54) is 37.7 Å². The number of nitrogens with one attached hydrogen (secondary N) is 1. The van der Waals surface area contributed by atoms with E-state index in [-0.39, 0.29) is 11.6 Å². The number of carbonyl (C=O) groups is 1. The molecule has 1 spiro atoms. The van der Waals surface area contributed by atoms with Crippen molar-refractivity contribution >= 4 is 12.0 Å². The molecule has 0 radical (unpaired) electrons. The van der Waals surface area contributed by atoms with Crippen LogP contribution in [0.25, 0.3) is 6.08 Å². The van der Waals surface area contributed by atoms with Gasteiger partial charge in [0, 0.05) is 18.6 Å². The number of likely N-dealkylation sites (tertiary alicyclic amines) is 1. The molecule has 0 amide bonds. The van der Waals surface area contributed by atoms with Gasteiger partial charge in [-0.05, 0) is 89.3 Å². The highest BCUT2D eigenvalue weighted by molar-refractivity contribution is 5.70. The number of hydrogen-bond acceptors (Lipinski definition) is 4. The molecule has 1 aromatic carbocycles. The second-order valence-corrected chi connectivity index (χ2v) is 11.4. The number of piperidine rings is 1. The molecule has 2 aliphatic carbocycles. The third-order valence-corrected chi connectivity index (χ3v) is 7.60. The van der Waals surface area contributed by atoms with Crippen molar-refractivity contribution in [3.05, 3.63) is 41.5 Å². The van der Waals surface area contributed by atoms with E-state index in [1.807, 2.05) is 20.8 Å². The van der Waals surface area contributed by atoms with E-state index in [0.717, 1.165) is 32.0 Å². The summed E-state index contributed by atoms with van der Waals surface area (Å²) in [4.78, 5) is 14.4. The van der Waals surface area contributed by atoms with Crippen LogP contribution in [0.15, 0.2) is 35.9 Å². The molecule has 32 heavy (non-hydrogen) atoms. The van der Waals surface area contributed by atoms with Gasteiger partial charge >= 0.3 is 5.97 Å². The Morgan fingerprint density at radius 1 is 1.19 bits per heavy atom. The third kappa shape index (κ3) is 6.23. The molecule has 0 unspecified atom stereocenters. The molecule has 3 fully saturated rings. The normalized spacial score (nSPS) is 26.1. The predicted octanol–water partition coefficient (Wildman–Crippen LogP) is 5.43. The Bertz CT molecular complexity index is 794. The standard InChI is InChI=1S/C28H42N2O2/c1-5-22(17-21-9-7-6-8-10-21)24-18-25(24)29-23-19-28(20-23)12-15-30(16-13-28)14-11-26(31)32-27(2,3)4/h6-10,17,23-25,29H,5,11-16,18-20H2,1-4H3/t24-,25+/m0/s1. The minimum Gasteiger partial charge on any atom is -0.460 e. The molecule has 176 valence electrons. The van der Waals surface area contributed by atoms with Crippen molar-refractivity contribution in [3.8, 4) is 0 Å². The lowest BCUT2D eigenvalue weighted by atomic mass is 9.60. The SMILES string of the molecule is CCC(=Cc1ccccc1)[C@@H]1C[C@H]1NC1CC2(CCN(CCC(=O)OC(C)(C)C)CC2)C1. The number of esters is 1. The average Bonchev–Trinajstić information content (AvgIpc) is 3.49. The zero-order chi connectivity index (χ0) is 22.8. The molecule has 1 N–H and O–H groups in total. The molecule has 1 saturated heterocycles. The molecule has 4 heteroatoms. The van der Waals surface area contributed by atoms with Gasteiger partial charge in [0.05, 0.1) is 6.42 Å². The van der Waals surface area contributed by atoms with Crippen LogP contribution in [0.4, 0.5) is 0 Å². The van der Waals surface area contributed by atoms with Gasteiger partial charge in [0.25, 0.3) is 0 Å². The Balaban J connectivity index is 1.15. The lowest BCUT2D eigenvalue weighted by molar-refractivity contribution is -0.155. The van der Waals surface area contributed by atoms with Gasteiger partial charge in [-0.1, -0.05) is 48.9 Å². The number of carbonyl (C=O) groups excluding carboxylic acids is 1. The predicted molar refractivity (Wildman–Crippen MR) is 131 cm³/mol. The van der Waals surface area contributed by atoms with Crippen LogP contribution in [-0.2, 0) is 9.53 Å². The monoisotopic (exact) mass is 438 g/mol. The smallest absolute Gasteiger partial charge is 0.307 e. The number of hydrogen-bond donors (Lipinski definition) is 1. The average molecular weight is 439 g/mol. The van der Waals surface area contributed by atoms with Crippen LogP contribution in [-0.4, -0.2) is 48.2 Å². The molecule has 1 heterocycles. The van der Waals surface area contributed by atoms with E-state index in [9.17, 15) is 4.79 Å². The quantitative estimate of drug-likeness (QED) is 0.549. The molecule has 0 bridgehead atoms. The number of ether oxygens (including phenoxy) is 1. The highest BCUT2D eigenvalue weighted by Gasteiger charge is 2.49. The maximum absolute atomic E-state index is 12.0. The highest BCUT2D eigenvalue weighted by Crippen LogP contribution is 2.51. The van der Waals surface area contributed by atoms with Gasteiger partial charge < -0.3 is 15.0 Å². The molecular weight excluding hydrogens is 396 g/mol. The summed E-state index contributed by atoms with van der Waals surface area (Å²) in [5, 5.41) is 3.97. The van der Waals surface area contributed by atoms with Crippen LogP contribution in [0, 0.1) is 11.3 Å². The first-order chi connectivity index (χ1) is 15.3. The fourth-order valence-electron chi connectivity index (χ4n) is 5.73. The van der Waals surface area contributed by atoms with E-state index < -0.39 is 0 Å². The maximum atomic E-state index is 12.0. The molecule has 3 aliphatic rings. The second-order valence-electron chi connectivity index (χ2n) is 11.4. The van der Waals surface area contributed by atoms with Crippen molar-refractivity contribution in [2.45, 2.75) is 90.3 Å². The van der Waals surface area contributed by atoms with Gasteiger partial charge in [-0.15, -0.1) is 0 Å². The summed E-state index contributed by atoms with van der Waals surface area (Å²) in [6.07, 6.45) is 10.6. The van der Waals surface area contributed by atoms with Crippen molar-refractivity contribution in [2.24, 2.45) is 11.3 Å². The molecule has 4 nitrogen and oxygen atoms in total. The lowest BCUT2D eigenvalue weighted by Crippen LogP contribution is -2.54. The number of nitrogens with zero attached hydrogens (tertiary/aromatic N) is 1. The second kappa shape index (κ2) is 9.69. The summed E-state index contributed by atoms with van der Waals surface area (Å²) in [7, 11) is 0. The molecule has 4 rings (SSSR count). The van der Waals surface area contributed by atoms with Crippen molar-refractivity contribution in [3.63, 3.8) is 0 Å². The minimum atomic E-state index is -0.382. The van der Waals surface area contributed by atoms with E-state index in [1.54, 1.807) is 5.57 Å². The van der Waals surface area contributed by atoms with E-state index in [4.69, 9.17) is 4.74 Å². The summed E-state index contributed by atoms with van der Waals surface area (Å²) < 4.78 is 5.45. The van der Waals surface area contributed by atoms with Crippen LogP contribution in [0.5, 0.6) is 0 Å². The minimum absolute atomic E-state index is 0.0718. The van der Waals surface area contributed by atoms with Crippen molar-refractivity contribution < 1.29 is 9.53 Å². The van der Waals surface area contributed by atoms with E-state index in [0.29, 0.717) is 23.9 Å². The van der Waals surface area contributed by atoms with Crippen LogP contribution in [0.1, 0.15) is 78.2 Å². The number of rotatable bonds is 8. The first-order valence-electron chi connectivity index (χ1n) is 12.7. The van der Waals surface area contributed by atoms with Crippen LogP contribution in [0.2, 0.25) is 0 Å². The summed E-state index contributed by atoms with van der Waals surface area (Å²) in [6, 6.07) is 12.1. The van der Waals surface area contributed by atoms with Gasteiger partial charge in [-0.2, -0.15) is 0 Å². The Hall–Kier alpha value is -1.65. The van der Waals surface area contributed by atoms with Crippen LogP contribution in [0.3, 0.4) is 0 Å². The zero-order valence-electron chi connectivity index (χ0n) is 20.5. The molecular formula is C28H42N2O2. The maximum Gasteiger partial charge on any atom is 0.307 e. The molecule has 2 saturated carbocycles. The van der Waals surface area contributed by atoms with E-state index >= 15 is 0 Å². The van der Waals surface area contributed by atoms with Gasteiger partial charge in [0.2, 0.25) is 0 Å². The first kappa shape index (κ1) is 23.5. The zero-order valence-corrected chi connectivity index (χ0v) is 20.5. The molecule has 1 aliphatic heterocycles. The first-order valence-corrected chi connectivity index (χ1v) is 12.7. The molecule has 0 aromatic heterocycles. The fourth-order valence-corrected chi connectivity index (χ4v) is 5.73. The van der Waals surface area contributed by atoms with Crippen molar-refractivity contribution in [1.82, 2.24) is 10.2 Å². The van der Waals surface area contributed by atoms with Gasteiger partial charge in [-0.25, -0.2) is 0 Å². The fraction of sp³-hybridized carbons (Fsp3) is 0.679. The summed E-state index contributed by atoms with van der Waals surface area (Å²) in [6.45, 7) is 11.2. The number of benzene rings is 1. The summed E-state index contributed by atoms with van der Waals surface area (Å²) in [5.74, 6) is 0.656. The Kier molecular flexibility index (Phi) is 7.11. The third-order valence-electron chi connectivity index (χ3n) is 7.60. The van der Waals surface area contributed by atoms with Gasteiger partial charge in [-0.3, -0.25) is 4.79 Å². The van der Waals surface area contributed by atoms with Crippen LogP contribution < -0.4 is 5.32 Å². The molecule has 2 atom stereocenters. The lowest BCUT2D eigenvalue weighted by Gasteiger charge is -2.52. The van der Waals surface area contributed by atoms with Crippen LogP contribution >= 0.6 is 0 Å². The Labute approximate surface area is 194 Å². The largest absolute Gasteiger partial charge is 0.460 e.